The lowest BCUT2D eigenvalue weighted by atomic mass is 9.91. The van der Waals surface area contributed by atoms with Gasteiger partial charge in [-0.3, -0.25) is 10.1 Å². The van der Waals surface area contributed by atoms with Crippen molar-refractivity contribution in [1.29, 1.82) is 0 Å². The van der Waals surface area contributed by atoms with Crippen LogP contribution < -0.4 is 0 Å². The van der Waals surface area contributed by atoms with E-state index in [2.05, 4.69) is 28.8 Å². The van der Waals surface area contributed by atoms with Crippen LogP contribution in [-0.4, -0.2) is 9.49 Å². The van der Waals surface area contributed by atoms with E-state index in [1.807, 2.05) is 85.1 Å². The first-order valence-electron chi connectivity index (χ1n) is 10.5. The van der Waals surface area contributed by atoms with E-state index in [1.54, 1.807) is 0 Å². The van der Waals surface area contributed by atoms with Crippen molar-refractivity contribution in [2.24, 2.45) is 0 Å². The van der Waals surface area contributed by atoms with Crippen molar-refractivity contribution in [1.82, 2.24) is 4.57 Å². The van der Waals surface area contributed by atoms with E-state index in [9.17, 15) is 10.1 Å². The fourth-order valence-corrected chi connectivity index (χ4v) is 4.72. The van der Waals surface area contributed by atoms with Gasteiger partial charge in [-0.2, -0.15) is 0 Å². The number of nitro groups is 1. The van der Waals surface area contributed by atoms with Gasteiger partial charge in [0.25, 0.3) is 5.69 Å². The molecule has 6 rings (SSSR count). The van der Waals surface area contributed by atoms with Crippen molar-refractivity contribution in [2.75, 3.05) is 0 Å². The third kappa shape index (κ3) is 2.70. The summed E-state index contributed by atoms with van der Waals surface area (Å²) in [4.78, 5) is 12.1. The van der Waals surface area contributed by atoms with Gasteiger partial charge in [0.15, 0.2) is 0 Å². The Morgan fingerprint density at radius 1 is 0.656 bits per heavy atom. The Bertz CT molecular complexity index is 1650. The third-order valence-corrected chi connectivity index (χ3v) is 6.10. The first kappa shape index (κ1) is 18.3. The zero-order chi connectivity index (χ0) is 21.7. The third-order valence-electron chi connectivity index (χ3n) is 6.10. The molecule has 0 amide bonds. The summed E-state index contributed by atoms with van der Waals surface area (Å²) in [6.45, 7) is 0. The van der Waals surface area contributed by atoms with Crippen molar-refractivity contribution in [3.05, 3.63) is 119 Å². The number of nitro benzene ring substituents is 1. The van der Waals surface area contributed by atoms with Crippen LogP contribution in [0.3, 0.4) is 0 Å². The topological polar surface area (TPSA) is 48.1 Å². The van der Waals surface area contributed by atoms with Gasteiger partial charge in [0, 0.05) is 17.3 Å². The molecule has 0 aliphatic carbocycles. The highest BCUT2D eigenvalue weighted by atomic mass is 16.6. The van der Waals surface area contributed by atoms with Crippen molar-refractivity contribution in [3.8, 4) is 16.8 Å². The Labute approximate surface area is 184 Å². The van der Waals surface area contributed by atoms with Crippen molar-refractivity contribution >= 4 is 38.1 Å². The lowest BCUT2D eigenvalue weighted by Gasteiger charge is -2.13. The van der Waals surface area contributed by atoms with Gasteiger partial charge in [0.2, 0.25) is 0 Å². The number of hydrogen-bond acceptors (Lipinski definition) is 2. The minimum Gasteiger partial charge on any atom is -0.317 e. The van der Waals surface area contributed by atoms with Gasteiger partial charge in [0.1, 0.15) is 0 Å². The molecule has 6 aromatic rings. The molecule has 0 aliphatic rings. The number of nitrogens with zero attached hydrogens (tertiary/aromatic N) is 2. The molecule has 4 heteroatoms. The molecule has 0 unspecified atom stereocenters. The quantitative estimate of drug-likeness (QED) is 0.171. The Balaban J connectivity index is 1.67. The fraction of sp³-hybridized carbons (Fsp3) is 0. The first-order chi connectivity index (χ1) is 15.7. The van der Waals surface area contributed by atoms with Gasteiger partial charge in [-0.05, 0) is 58.1 Å². The molecule has 5 aromatic carbocycles. The normalized spacial score (nSPS) is 11.4. The van der Waals surface area contributed by atoms with Crippen molar-refractivity contribution < 1.29 is 4.92 Å². The molecule has 0 aliphatic heterocycles. The molecule has 0 saturated heterocycles. The summed E-state index contributed by atoms with van der Waals surface area (Å²) < 4.78 is 2.13. The van der Waals surface area contributed by atoms with Crippen LogP contribution in [0, 0.1) is 10.1 Å². The molecule has 152 valence electrons. The number of para-hydroxylation sites is 1. The maximum Gasteiger partial charge on any atom is 0.285 e. The highest BCUT2D eigenvalue weighted by Gasteiger charge is 2.24. The summed E-state index contributed by atoms with van der Waals surface area (Å²) in [5.74, 6) is 0. The minimum atomic E-state index is -0.247. The molecule has 0 spiro atoms. The average molecular weight is 414 g/mol. The molecule has 1 heterocycles. The second-order valence-corrected chi connectivity index (χ2v) is 7.87. The lowest BCUT2D eigenvalue weighted by molar-refractivity contribution is -0.382. The largest absolute Gasteiger partial charge is 0.317 e. The average Bonchev–Trinajstić information content (AvgIpc) is 3.27. The zero-order valence-corrected chi connectivity index (χ0v) is 17.1. The Hall–Kier alpha value is -4.44. The van der Waals surface area contributed by atoms with E-state index in [0.29, 0.717) is 10.9 Å². The van der Waals surface area contributed by atoms with Gasteiger partial charge in [-0.25, -0.2) is 0 Å². The van der Waals surface area contributed by atoms with E-state index >= 15 is 0 Å². The minimum absolute atomic E-state index is 0.154. The number of hydrogen-bond donors (Lipinski definition) is 0. The summed E-state index contributed by atoms with van der Waals surface area (Å²) in [5.41, 5.74) is 3.81. The van der Waals surface area contributed by atoms with Gasteiger partial charge >= 0.3 is 0 Å². The van der Waals surface area contributed by atoms with Crippen LogP contribution >= 0.6 is 0 Å². The van der Waals surface area contributed by atoms with E-state index in [4.69, 9.17) is 0 Å². The Morgan fingerprint density at radius 3 is 2.00 bits per heavy atom. The molecular formula is C28H18N2O2. The van der Waals surface area contributed by atoms with Gasteiger partial charge in [-0.1, -0.05) is 66.7 Å². The van der Waals surface area contributed by atoms with Crippen molar-refractivity contribution in [2.45, 2.75) is 0 Å². The standard InChI is InChI=1S/C28H18N2O2/c31-30(32)28-25-13-7-5-11-23(25)22-10-4-6-12-24(22)27(28)20-14-15-26-19(18-20)16-17-29(26)21-8-2-1-3-9-21/h1-18H. The monoisotopic (exact) mass is 414 g/mol. The van der Waals surface area contributed by atoms with E-state index in [1.165, 1.54) is 0 Å². The first-order valence-corrected chi connectivity index (χ1v) is 10.5. The van der Waals surface area contributed by atoms with Crippen LogP contribution in [0.15, 0.2) is 109 Å². The summed E-state index contributed by atoms with van der Waals surface area (Å²) in [6, 6.07) is 33.8. The Kier molecular flexibility index (Phi) is 4.05. The van der Waals surface area contributed by atoms with Crippen LogP contribution in [0.5, 0.6) is 0 Å². The molecule has 0 saturated carbocycles. The predicted octanol–water partition coefficient (Wildman–Crippen LogP) is 7.51. The summed E-state index contributed by atoms with van der Waals surface area (Å²) in [5, 5.41) is 16.8. The molecule has 4 nitrogen and oxygen atoms in total. The van der Waals surface area contributed by atoms with Crippen LogP contribution in [0.1, 0.15) is 0 Å². The van der Waals surface area contributed by atoms with E-state index in [-0.39, 0.29) is 10.6 Å². The van der Waals surface area contributed by atoms with E-state index < -0.39 is 0 Å². The highest BCUT2D eigenvalue weighted by Crippen LogP contribution is 2.44. The molecular weight excluding hydrogens is 396 g/mol. The predicted molar refractivity (Wildman–Crippen MR) is 130 cm³/mol. The van der Waals surface area contributed by atoms with Gasteiger partial charge in [-0.15, -0.1) is 0 Å². The zero-order valence-electron chi connectivity index (χ0n) is 17.1. The number of rotatable bonds is 3. The highest BCUT2D eigenvalue weighted by molar-refractivity contribution is 6.19. The van der Waals surface area contributed by atoms with Crippen LogP contribution in [0.25, 0.3) is 49.3 Å². The number of benzene rings is 5. The number of fused-ring (bicyclic) bond motifs is 4. The number of aromatic nitrogens is 1. The summed E-state index contributed by atoms with van der Waals surface area (Å²) in [6.07, 6.45) is 2.04. The van der Waals surface area contributed by atoms with Crippen LogP contribution in [-0.2, 0) is 0 Å². The second kappa shape index (κ2) is 7.06. The second-order valence-electron chi connectivity index (χ2n) is 7.87. The smallest absolute Gasteiger partial charge is 0.285 e. The van der Waals surface area contributed by atoms with E-state index in [0.717, 1.165) is 38.3 Å². The maximum absolute atomic E-state index is 12.3. The SMILES string of the molecule is O=[N+]([O-])c1c(-c2ccc3c(ccn3-c3ccccc3)c2)c2ccccc2c2ccccc12. The molecule has 0 bridgehead atoms. The van der Waals surface area contributed by atoms with Gasteiger partial charge < -0.3 is 4.57 Å². The molecule has 0 N–H and O–H groups in total. The van der Waals surface area contributed by atoms with Gasteiger partial charge in [0.05, 0.1) is 21.4 Å². The van der Waals surface area contributed by atoms with Crippen LogP contribution in [0.2, 0.25) is 0 Å². The molecule has 32 heavy (non-hydrogen) atoms. The van der Waals surface area contributed by atoms with Crippen LogP contribution in [0.4, 0.5) is 5.69 Å². The maximum atomic E-state index is 12.3. The molecule has 0 radical (unpaired) electrons. The summed E-state index contributed by atoms with van der Waals surface area (Å²) in [7, 11) is 0. The van der Waals surface area contributed by atoms with Crippen molar-refractivity contribution in [3.63, 3.8) is 0 Å². The Morgan fingerprint density at radius 2 is 1.28 bits per heavy atom. The lowest BCUT2D eigenvalue weighted by Crippen LogP contribution is -1.96. The molecule has 1 aromatic heterocycles. The molecule has 0 atom stereocenters. The fourth-order valence-electron chi connectivity index (χ4n) is 4.72. The summed E-state index contributed by atoms with van der Waals surface area (Å²) >= 11 is 0. The molecule has 0 fully saturated rings.